The minimum Gasteiger partial charge on any atom is -0.391 e. The number of hydrogen-bond donors (Lipinski definition) is 2. The number of halogens is 1. The van der Waals surface area contributed by atoms with Gasteiger partial charge in [0.25, 0.3) is 0 Å². The van der Waals surface area contributed by atoms with Crippen molar-refractivity contribution in [3.05, 3.63) is 0 Å². The number of amides is 2. The fourth-order valence-electron chi connectivity index (χ4n) is 5.58. The molecule has 5 fully saturated rings. The third-order valence-corrected chi connectivity index (χ3v) is 7.48. The van der Waals surface area contributed by atoms with Gasteiger partial charge in [0, 0.05) is 30.5 Å². The van der Waals surface area contributed by atoms with E-state index in [1.54, 1.807) is 0 Å². The summed E-state index contributed by atoms with van der Waals surface area (Å²) >= 11 is 0. The van der Waals surface area contributed by atoms with Crippen LogP contribution in [0, 0.1) is 16.7 Å². The standard InChI is InChI=1S/C20H29FN4O3/c21-14-9-15(10-22)25(12-14)17(27)11-23-20-5-2-19(3-6-20,4-7-20)18(28)24-8-1-16(26)13-24/h14-16,23,26H,1-9,11-13H2/t14-,15-,16-,19?,20?/m0/s1. The zero-order chi connectivity index (χ0) is 19.9. The molecule has 7 nitrogen and oxygen atoms in total. The van der Waals surface area contributed by atoms with Crippen molar-refractivity contribution in [3.8, 4) is 6.07 Å². The van der Waals surface area contributed by atoms with E-state index in [0.29, 0.717) is 19.5 Å². The Morgan fingerprint density at radius 3 is 2.43 bits per heavy atom. The van der Waals surface area contributed by atoms with Crippen LogP contribution in [0.5, 0.6) is 0 Å². The lowest BCUT2D eigenvalue weighted by atomic mass is 9.56. The third-order valence-electron chi connectivity index (χ3n) is 7.48. The molecule has 0 aromatic rings. The number of likely N-dealkylation sites (tertiary alicyclic amines) is 2. The summed E-state index contributed by atoms with van der Waals surface area (Å²) in [5, 5.41) is 22.3. The van der Waals surface area contributed by atoms with Gasteiger partial charge in [0.15, 0.2) is 0 Å². The van der Waals surface area contributed by atoms with E-state index in [4.69, 9.17) is 5.26 Å². The molecule has 8 heteroatoms. The molecule has 2 saturated heterocycles. The zero-order valence-electron chi connectivity index (χ0n) is 16.2. The number of aliphatic hydroxyl groups is 1. The van der Waals surface area contributed by atoms with E-state index in [1.807, 2.05) is 11.0 Å². The molecule has 3 aliphatic carbocycles. The number of hydrogen-bond acceptors (Lipinski definition) is 5. The van der Waals surface area contributed by atoms with Crippen molar-refractivity contribution in [2.75, 3.05) is 26.2 Å². The lowest BCUT2D eigenvalue weighted by Crippen LogP contribution is -2.60. The summed E-state index contributed by atoms with van der Waals surface area (Å²) in [7, 11) is 0. The van der Waals surface area contributed by atoms with Gasteiger partial charge in [0.1, 0.15) is 12.2 Å². The SMILES string of the molecule is N#C[C@@H]1C[C@H](F)CN1C(=O)CNC12CCC(C(=O)N3CC[C@H](O)C3)(CC1)CC2. The Labute approximate surface area is 164 Å². The summed E-state index contributed by atoms with van der Waals surface area (Å²) in [6, 6.07) is 1.35. The van der Waals surface area contributed by atoms with Crippen molar-refractivity contribution in [1.82, 2.24) is 15.1 Å². The minimum atomic E-state index is -1.12. The van der Waals surface area contributed by atoms with Crippen LogP contribution in [-0.4, -0.2) is 76.8 Å². The Morgan fingerprint density at radius 1 is 1.18 bits per heavy atom. The molecule has 2 N–H and O–H groups in total. The summed E-state index contributed by atoms with van der Waals surface area (Å²) in [4.78, 5) is 28.7. The number of β-amino-alcohol motifs (C(OH)–C–C–N with tert-alkyl or cyclic N) is 1. The first-order valence-corrected chi connectivity index (χ1v) is 10.4. The summed E-state index contributed by atoms with van der Waals surface area (Å²) in [6.07, 6.45) is 4.18. The van der Waals surface area contributed by atoms with Crippen molar-refractivity contribution in [2.24, 2.45) is 5.41 Å². The molecule has 2 heterocycles. The number of carbonyl (C=O) groups is 2. The average Bonchev–Trinajstić information content (AvgIpc) is 3.32. The second-order valence-electron chi connectivity index (χ2n) is 9.13. The fourth-order valence-corrected chi connectivity index (χ4v) is 5.58. The molecule has 28 heavy (non-hydrogen) atoms. The number of carbonyl (C=O) groups excluding carboxylic acids is 2. The second kappa shape index (κ2) is 7.27. The van der Waals surface area contributed by atoms with Gasteiger partial charge in [-0.15, -0.1) is 0 Å². The topological polar surface area (TPSA) is 96.7 Å². The van der Waals surface area contributed by atoms with Crippen LogP contribution >= 0.6 is 0 Å². The monoisotopic (exact) mass is 392 g/mol. The molecule has 0 aromatic heterocycles. The quantitative estimate of drug-likeness (QED) is 0.735. The molecule has 3 saturated carbocycles. The molecule has 0 spiro atoms. The predicted molar refractivity (Wildman–Crippen MR) is 98.7 cm³/mol. The van der Waals surface area contributed by atoms with E-state index in [9.17, 15) is 19.1 Å². The summed E-state index contributed by atoms with van der Waals surface area (Å²) in [5.41, 5.74) is -0.445. The van der Waals surface area contributed by atoms with Gasteiger partial charge in [-0.25, -0.2) is 4.39 Å². The molecule has 2 aliphatic heterocycles. The maximum Gasteiger partial charge on any atom is 0.237 e. The predicted octanol–water partition coefficient (Wildman–Crippen LogP) is 0.725. The van der Waals surface area contributed by atoms with Gasteiger partial charge < -0.3 is 20.2 Å². The molecule has 5 rings (SSSR count). The highest BCUT2D eigenvalue weighted by molar-refractivity contribution is 5.83. The van der Waals surface area contributed by atoms with Crippen LogP contribution in [0.1, 0.15) is 51.4 Å². The maximum absolute atomic E-state index is 13.6. The van der Waals surface area contributed by atoms with Crippen molar-refractivity contribution in [3.63, 3.8) is 0 Å². The highest BCUT2D eigenvalue weighted by atomic mass is 19.1. The molecular weight excluding hydrogens is 363 g/mol. The molecule has 0 aromatic carbocycles. The van der Waals surface area contributed by atoms with Crippen LogP contribution in [0.15, 0.2) is 0 Å². The number of nitrogens with zero attached hydrogens (tertiary/aromatic N) is 3. The lowest BCUT2D eigenvalue weighted by molar-refractivity contribution is -0.149. The molecule has 0 unspecified atom stereocenters. The van der Waals surface area contributed by atoms with Gasteiger partial charge in [-0.2, -0.15) is 5.26 Å². The Kier molecular flexibility index (Phi) is 5.09. The highest BCUT2D eigenvalue weighted by Crippen LogP contribution is 2.53. The van der Waals surface area contributed by atoms with Gasteiger partial charge in [0.05, 0.1) is 25.3 Å². The largest absolute Gasteiger partial charge is 0.391 e. The van der Waals surface area contributed by atoms with Crippen LogP contribution in [0.25, 0.3) is 0 Å². The van der Waals surface area contributed by atoms with Gasteiger partial charge in [-0.05, 0) is 44.9 Å². The third kappa shape index (κ3) is 3.39. The first-order valence-electron chi connectivity index (χ1n) is 10.4. The van der Waals surface area contributed by atoms with Crippen molar-refractivity contribution < 1.29 is 19.1 Å². The number of nitrogens with one attached hydrogen (secondary N) is 1. The molecular formula is C20H29FN4O3. The summed E-state index contributed by atoms with van der Waals surface area (Å²) < 4.78 is 13.6. The second-order valence-corrected chi connectivity index (χ2v) is 9.13. The number of alkyl halides is 1. The molecule has 3 atom stereocenters. The Balaban J connectivity index is 1.32. The van der Waals surface area contributed by atoms with Gasteiger partial charge in [-0.3, -0.25) is 9.59 Å². The van der Waals surface area contributed by atoms with E-state index in [-0.39, 0.29) is 42.3 Å². The molecule has 2 bridgehead atoms. The number of rotatable bonds is 4. The van der Waals surface area contributed by atoms with E-state index in [1.165, 1.54) is 4.90 Å². The van der Waals surface area contributed by atoms with Crippen molar-refractivity contribution in [2.45, 2.75) is 75.2 Å². The molecule has 5 aliphatic rings. The van der Waals surface area contributed by atoms with Gasteiger partial charge in [-0.1, -0.05) is 0 Å². The normalized spacial score (nSPS) is 40.0. The van der Waals surface area contributed by atoms with E-state index >= 15 is 0 Å². The van der Waals surface area contributed by atoms with Crippen LogP contribution < -0.4 is 5.32 Å². The Bertz CT molecular complexity index is 669. The Morgan fingerprint density at radius 2 is 1.86 bits per heavy atom. The van der Waals surface area contributed by atoms with Gasteiger partial charge in [0.2, 0.25) is 11.8 Å². The number of aliphatic hydroxyl groups excluding tert-OH is 1. The van der Waals surface area contributed by atoms with Gasteiger partial charge >= 0.3 is 0 Å². The number of nitriles is 1. The highest BCUT2D eigenvalue weighted by Gasteiger charge is 2.54. The van der Waals surface area contributed by atoms with E-state index < -0.39 is 18.3 Å². The maximum atomic E-state index is 13.6. The van der Waals surface area contributed by atoms with Crippen LogP contribution in [0.3, 0.4) is 0 Å². The Hall–Kier alpha value is -1.72. The fraction of sp³-hybridized carbons (Fsp3) is 0.850. The first-order chi connectivity index (χ1) is 13.4. The molecule has 154 valence electrons. The molecule has 2 amide bonds. The van der Waals surface area contributed by atoms with Crippen LogP contribution in [0.2, 0.25) is 0 Å². The minimum absolute atomic E-state index is 0.00500. The first kappa shape index (κ1) is 19.6. The summed E-state index contributed by atoms with van der Waals surface area (Å²) in [5.74, 6) is -0.0260. The van der Waals surface area contributed by atoms with E-state index in [2.05, 4.69) is 5.32 Å². The van der Waals surface area contributed by atoms with Crippen LogP contribution in [0.4, 0.5) is 4.39 Å². The summed E-state index contributed by atoms with van der Waals surface area (Å²) in [6.45, 7) is 1.21. The number of fused-ring (bicyclic) bond motifs is 3. The van der Waals surface area contributed by atoms with Crippen molar-refractivity contribution >= 4 is 11.8 Å². The van der Waals surface area contributed by atoms with Crippen molar-refractivity contribution in [1.29, 1.82) is 5.26 Å². The van der Waals surface area contributed by atoms with E-state index in [0.717, 1.165) is 38.5 Å². The average molecular weight is 392 g/mol. The lowest BCUT2D eigenvalue weighted by Gasteiger charge is -2.53. The van der Waals surface area contributed by atoms with Crippen LogP contribution in [-0.2, 0) is 9.59 Å². The molecule has 0 radical (unpaired) electrons. The smallest absolute Gasteiger partial charge is 0.237 e. The zero-order valence-corrected chi connectivity index (χ0v) is 16.2.